The van der Waals surface area contributed by atoms with Crippen LogP contribution in [0.25, 0.3) is 0 Å². The molecule has 0 amide bonds. The molecule has 0 N–H and O–H groups in total. The summed E-state index contributed by atoms with van der Waals surface area (Å²) in [4.78, 5) is 0. The number of rotatable bonds is 2. The minimum atomic E-state index is 0.497. The van der Waals surface area contributed by atoms with Gasteiger partial charge in [0.1, 0.15) is 0 Å². The summed E-state index contributed by atoms with van der Waals surface area (Å²) in [5.41, 5.74) is 0. The van der Waals surface area contributed by atoms with E-state index in [4.69, 9.17) is 4.74 Å². The minimum absolute atomic E-state index is 0.497. The summed E-state index contributed by atoms with van der Waals surface area (Å²) in [6.07, 6.45) is 1.24. The third kappa shape index (κ3) is 2.34. The van der Waals surface area contributed by atoms with E-state index in [9.17, 15) is 0 Å². The van der Waals surface area contributed by atoms with Crippen molar-refractivity contribution in [3.63, 3.8) is 0 Å². The molecule has 0 bridgehead atoms. The predicted octanol–water partition coefficient (Wildman–Crippen LogP) is 1.40. The van der Waals surface area contributed by atoms with Gasteiger partial charge in [-0.05, 0) is 0 Å². The second-order valence-corrected chi connectivity index (χ2v) is 5.89. The van der Waals surface area contributed by atoms with Crippen LogP contribution in [0.1, 0.15) is 13.3 Å². The second-order valence-electron chi connectivity index (χ2n) is 3.44. The molecule has 1 nitrogen and oxygen atoms in total. The first-order chi connectivity index (χ1) is 6.36. The molecule has 2 rings (SSSR count). The SMILES string of the molecule is C[C@@H]1CCO[C@@H]1[Se]c1ccccc1. The average molecular weight is 241 g/mol. The van der Waals surface area contributed by atoms with Crippen LogP contribution in [-0.4, -0.2) is 26.6 Å². The van der Waals surface area contributed by atoms with E-state index in [0.717, 1.165) is 12.5 Å². The van der Waals surface area contributed by atoms with Gasteiger partial charge in [-0.15, -0.1) is 0 Å². The molecule has 0 saturated carbocycles. The fourth-order valence-corrected chi connectivity index (χ4v) is 3.79. The molecule has 0 radical (unpaired) electrons. The molecule has 13 heavy (non-hydrogen) atoms. The Balaban J connectivity index is 1.98. The van der Waals surface area contributed by atoms with Gasteiger partial charge >= 0.3 is 85.4 Å². The Kier molecular flexibility index (Phi) is 3.05. The Morgan fingerprint density at radius 3 is 2.69 bits per heavy atom. The van der Waals surface area contributed by atoms with Crippen LogP contribution in [0, 0.1) is 5.92 Å². The number of hydrogen-bond acceptors (Lipinski definition) is 1. The third-order valence-corrected chi connectivity index (χ3v) is 5.21. The van der Waals surface area contributed by atoms with Gasteiger partial charge in [-0.3, -0.25) is 0 Å². The Morgan fingerprint density at radius 1 is 1.31 bits per heavy atom. The summed E-state index contributed by atoms with van der Waals surface area (Å²) in [7, 11) is 0. The fourth-order valence-electron chi connectivity index (χ4n) is 1.45. The zero-order valence-corrected chi connectivity index (χ0v) is 9.49. The molecule has 0 unspecified atom stereocenters. The molecule has 70 valence electrons. The van der Waals surface area contributed by atoms with Gasteiger partial charge < -0.3 is 0 Å². The maximum absolute atomic E-state index is 5.70. The number of hydrogen-bond donors (Lipinski definition) is 0. The van der Waals surface area contributed by atoms with Crippen LogP contribution >= 0.6 is 0 Å². The molecular weight excluding hydrogens is 227 g/mol. The monoisotopic (exact) mass is 242 g/mol. The summed E-state index contributed by atoms with van der Waals surface area (Å²) < 4.78 is 7.15. The van der Waals surface area contributed by atoms with E-state index in [1.807, 2.05) is 0 Å². The molecule has 0 aromatic heterocycles. The Morgan fingerprint density at radius 2 is 2.08 bits per heavy atom. The van der Waals surface area contributed by atoms with E-state index in [2.05, 4.69) is 37.3 Å². The quantitative estimate of drug-likeness (QED) is 0.711. The number of ether oxygens (including phenoxy) is 1. The standard InChI is InChI=1S/C11H14OSe/c1-9-7-8-12-11(9)13-10-5-3-2-4-6-10/h2-6,9,11H,7-8H2,1H3/t9-,11-/m1/s1. The molecule has 0 spiro atoms. The van der Waals surface area contributed by atoms with E-state index < -0.39 is 0 Å². The second kappa shape index (κ2) is 4.28. The van der Waals surface area contributed by atoms with E-state index in [1.54, 1.807) is 0 Å². The number of benzene rings is 1. The van der Waals surface area contributed by atoms with Crippen molar-refractivity contribution >= 4 is 19.4 Å². The zero-order valence-electron chi connectivity index (χ0n) is 7.77. The molecule has 2 heteroatoms. The summed E-state index contributed by atoms with van der Waals surface area (Å²) in [6.45, 7) is 3.25. The molecule has 1 saturated heterocycles. The van der Waals surface area contributed by atoms with Crippen LogP contribution < -0.4 is 4.46 Å². The van der Waals surface area contributed by atoms with Gasteiger partial charge in [0.05, 0.1) is 0 Å². The third-order valence-electron chi connectivity index (χ3n) is 2.32. The fraction of sp³-hybridized carbons (Fsp3) is 0.455. The van der Waals surface area contributed by atoms with E-state index in [-0.39, 0.29) is 0 Å². The molecule has 1 aromatic carbocycles. The van der Waals surface area contributed by atoms with Gasteiger partial charge in [-0.25, -0.2) is 0 Å². The van der Waals surface area contributed by atoms with Gasteiger partial charge in [0.15, 0.2) is 0 Å². The molecule has 2 atom stereocenters. The van der Waals surface area contributed by atoms with Crippen LogP contribution in [0.2, 0.25) is 0 Å². The summed E-state index contributed by atoms with van der Waals surface area (Å²) in [5, 5.41) is 0.509. The van der Waals surface area contributed by atoms with Crippen molar-refractivity contribution in [1.82, 2.24) is 0 Å². The van der Waals surface area contributed by atoms with Gasteiger partial charge in [-0.1, -0.05) is 0 Å². The summed E-state index contributed by atoms with van der Waals surface area (Å²) >= 11 is 0.497. The molecule has 1 aliphatic rings. The topological polar surface area (TPSA) is 9.23 Å². The van der Waals surface area contributed by atoms with Crippen LogP contribution in [0.5, 0.6) is 0 Å². The van der Waals surface area contributed by atoms with Crippen LogP contribution in [0.3, 0.4) is 0 Å². The first kappa shape index (κ1) is 9.26. The van der Waals surface area contributed by atoms with Gasteiger partial charge in [0.25, 0.3) is 0 Å². The molecular formula is C11H14OSe. The van der Waals surface area contributed by atoms with Crippen molar-refractivity contribution < 1.29 is 4.74 Å². The zero-order chi connectivity index (χ0) is 9.10. The van der Waals surface area contributed by atoms with E-state index >= 15 is 0 Å². The van der Waals surface area contributed by atoms with Gasteiger partial charge in [0, 0.05) is 0 Å². The van der Waals surface area contributed by atoms with E-state index in [0.29, 0.717) is 20.0 Å². The molecule has 1 aromatic rings. The van der Waals surface area contributed by atoms with Crippen LogP contribution in [-0.2, 0) is 4.74 Å². The molecule has 1 aliphatic heterocycles. The molecule has 1 fully saturated rings. The van der Waals surface area contributed by atoms with Crippen molar-refractivity contribution in [3.8, 4) is 0 Å². The van der Waals surface area contributed by atoms with Crippen molar-refractivity contribution in [1.29, 1.82) is 0 Å². The van der Waals surface area contributed by atoms with Crippen molar-refractivity contribution in [2.75, 3.05) is 6.61 Å². The van der Waals surface area contributed by atoms with Crippen molar-refractivity contribution in [2.45, 2.75) is 18.3 Å². The van der Waals surface area contributed by atoms with Crippen LogP contribution in [0.15, 0.2) is 30.3 Å². The maximum atomic E-state index is 5.70. The molecule has 1 heterocycles. The van der Waals surface area contributed by atoms with Crippen molar-refractivity contribution in [3.05, 3.63) is 30.3 Å². The molecule has 0 aliphatic carbocycles. The first-order valence-electron chi connectivity index (χ1n) is 4.69. The van der Waals surface area contributed by atoms with Gasteiger partial charge in [-0.2, -0.15) is 0 Å². The first-order valence-corrected chi connectivity index (χ1v) is 6.54. The Bertz CT molecular complexity index is 260. The van der Waals surface area contributed by atoms with Gasteiger partial charge in [0.2, 0.25) is 0 Å². The van der Waals surface area contributed by atoms with Crippen LogP contribution in [0.4, 0.5) is 0 Å². The Hall–Kier alpha value is -0.301. The van der Waals surface area contributed by atoms with E-state index in [1.165, 1.54) is 10.9 Å². The summed E-state index contributed by atoms with van der Waals surface area (Å²) in [6, 6.07) is 10.7. The predicted molar refractivity (Wildman–Crippen MR) is 55.4 cm³/mol. The summed E-state index contributed by atoms with van der Waals surface area (Å²) in [5.74, 6) is 0.750. The van der Waals surface area contributed by atoms with Crippen molar-refractivity contribution in [2.24, 2.45) is 5.92 Å². The Labute approximate surface area is 85.6 Å². The average Bonchev–Trinajstić information content (AvgIpc) is 2.54. The normalized spacial score (nSPS) is 27.8.